The van der Waals surface area contributed by atoms with Gasteiger partial charge in [0.2, 0.25) is 0 Å². The van der Waals surface area contributed by atoms with E-state index in [1.165, 1.54) is 0 Å². The SMILES string of the molecule is Cc1cc(C(=O)c2c[nH]c3cccc(Cl)c23)ccc1Cl. The monoisotopic (exact) mass is 303 g/mol. The van der Waals surface area contributed by atoms with Crippen LogP contribution in [0.3, 0.4) is 0 Å². The van der Waals surface area contributed by atoms with Crippen molar-refractivity contribution in [3.63, 3.8) is 0 Å². The highest BCUT2D eigenvalue weighted by atomic mass is 35.5. The number of ketones is 1. The molecule has 2 nitrogen and oxygen atoms in total. The summed E-state index contributed by atoms with van der Waals surface area (Å²) in [7, 11) is 0. The van der Waals surface area contributed by atoms with Crippen LogP contribution in [0, 0.1) is 6.92 Å². The topological polar surface area (TPSA) is 32.9 Å². The molecule has 1 N–H and O–H groups in total. The first-order valence-electron chi connectivity index (χ1n) is 6.14. The molecule has 4 heteroatoms. The lowest BCUT2D eigenvalue weighted by Crippen LogP contribution is -2.01. The molecule has 0 amide bonds. The Labute approximate surface area is 126 Å². The number of benzene rings is 2. The van der Waals surface area contributed by atoms with E-state index in [0.29, 0.717) is 21.2 Å². The van der Waals surface area contributed by atoms with Gasteiger partial charge in [0.25, 0.3) is 0 Å². The Kier molecular flexibility index (Phi) is 3.28. The Morgan fingerprint density at radius 1 is 1.10 bits per heavy atom. The molecular formula is C16H11Cl2NO. The van der Waals surface area contributed by atoms with Gasteiger partial charge in [-0.15, -0.1) is 0 Å². The van der Waals surface area contributed by atoms with Crippen molar-refractivity contribution in [2.24, 2.45) is 0 Å². The molecule has 0 saturated heterocycles. The second kappa shape index (κ2) is 4.97. The number of H-pyrrole nitrogens is 1. The first-order chi connectivity index (χ1) is 9.58. The number of nitrogens with one attached hydrogen (secondary N) is 1. The first-order valence-corrected chi connectivity index (χ1v) is 6.90. The normalized spacial score (nSPS) is 10.9. The molecule has 0 saturated carbocycles. The summed E-state index contributed by atoms with van der Waals surface area (Å²) in [6.45, 7) is 1.88. The first kappa shape index (κ1) is 13.2. The van der Waals surface area contributed by atoms with Crippen LogP contribution in [-0.4, -0.2) is 10.8 Å². The summed E-state index contributed by atoms with van der Waals surface area (Å²) in [6.07, 6.45) is 1.70. The molecule has 0 spiro atoms. The molecule has 100 valence electrons. The molecule has 0 bridgehead atoms. The van der Waals surface area contributed by atoms with E-state index in [0.717, 1.165) is 16.5 Å². The van der Waals surface area contributed by atoms with E-state index < -0.39 is 0 Å². The lowest BCUT2D eigenvalue weighted by atomic mass is 10.0. The number of hydrogen-bond acceptors (Lipinski definition) is 1. The van der Waals surface area contributed by atoms with E-state index in [2.05, 4.69) is 4.98 Å². The van der Waals surface area contributed by atoms with Gasteiger partial charge in [0.1, 0.15) is 0 Å². The molecule has 2 aromatic carbocycles. The maximum atomic E-state index is 12.6. The van der Waals surface area contributed by atoms with Gasteiger partial charge in [-0.25, -0.2) is 0 Å². The summed E-state index contributed by atoms with van der Waals surface area (Å²) >= 11 is 12.2. The summed E-state index contributed by atoms with van der Waals surface area (Å²) in [5.41, 5.74) is 2.91. The molecule has 0 fully saturated rings. The van der Waals surface area contributed by atoms with Crippen molar-refractivity contribution in [1.29, 1.82) is 0 Å². The van der Waals surface area contributed by atoms with Gasteiger partial charge in [0, 0.05) is 33.2 Å². The largest absolute Gasteiger partial charge is 0.360 e. The fraction of sp³-hybridized carbons (Fsp3) is 0.0625. The molecule has 0 radical (unpaired) electrons. The molecule has 0 unspecified atom stereocenters. The number of aromatic nitrogens is 1. The zero-order valence-corrected chi connectivity index (χ0v) is 12.2. The van der Waals surface area contributed by atoms with Gasteiger partial charge in [0.05, 0.1) is 5.02 Å². The summed E-state index contributed by atoms with van der Waals surface area (Å²) in [6, 6.07) is 10.8. The van der Waals surface area contributed by atoms with Gasteiger partial charge in [0.15, 0.2) is 5.78 Å². The van der Waals surface area contributed by atoms with E-state index in [1.807, 2.05) is 19.1 Å². The van der Waals surface area contributed by atoms with Crippen LogP contribution in [0.15, 0.2) is 42.6 Å². The number of rotatable bonds is 2. The van der Waals surface area contributed by atoms with Crippen molar-refractivity contribution in [1.82, 2.24) is 4.98 Å². The van der Waals surface area contributed by atoms with Crippen LogP contribution >= 0.6 is 23.2 Å². The fourth-order valence-corrected chi connectivity index (χ4v) is 2.65. The molecule has 3 rings (SSSR count). The predicted molar refractivity (Wildman–Crippen MR) is 82.9 cm³/mol. The van der Waals surface area contributed by atoms with Gasteiger partial charge >= 0.3 is 0 Å². The summed E-state index contributed by atoms with van der Waals surface area (Å²) in [4.78, 5) is 15.7. The number of halogens is 2. The second-order valence-electron chi connectivity index (χ2n) is 4.66. The van der Waals surface area contributed by atoms with Crippen LogP contribution < -0.4 is 0 Å². The van der Waals surface area contributed by atoms with E-state index in [1.54, 1.807) is 30.5 Å². The Morgan fingerprint density at radius 3 is 2.65 bits per heavy atom. The zero-order valence-electron chi connectivity index (χ0n) is 10.7. The minimum atomic E-state index is -0.0656. The van der Waals surface area contributed by atoms with Crippen LogP contribution in [-0.2, 0) is 0 Å². The highest BCUT2D eigenvalue weighted by molar-refractivity contribution is 6.37. The van der Waals surface area contributed by atoms with Crippen LogP contribution in [0.2, 0.25) is 10.0 Å². The number of aryl methyl sites for hydroxylation is 1. The Bertz CT molecular complexity index is 820. The summed E-state index contributed by atoms with van der Waals surface area (Å²) in [5.74, 6) is -0.0656. The highest BCUT2D eigenvalue weighted by Gasteiger charge is 2.16. The van der Waals surface area contributed by atoms with Crippen molar-refractivity contribution >= 4 is 39.9 Å². The second-order valence-corrected chi connectivity index (χ2v) is 5.47. The smallest absolute Gasteiger partial charge is 0.195 e. The molecule has 0 atom stereocenters. The van der Waals surface area contributed by atoms with Crippen molar-refractivity contribution in [3.8, 4) is 0 Å². The maximum Gasteiger partial charge on any atom is 0.195 e. The zero-order chi connectivity index (χ0) is 14.3. The summed E-state index contributed by atoms with van der Waals surface area (Å²) < 4.78 is 0. The van der Waals surface area contributed by atoms with Gasteiger partial charge in [-0.3, -0.25) is 4.79 Å². The fourth-order valence-electron chi connectivity index (χ4n) is 2.26. The number of carbonyl (C=O) groups excluding carboxylic acids is 1. The Balaban J connectivity index is 2.15. The van der Waals surface area contributed by atoms with Crippen molar-refractivity contribution in [3.05, 3.63) is 69.3 Å². The van der Waals surface area contributed by atoms with Crippen molar-refractivity contribution in [2.75, 3.05) is 0 Å². The molecular weight excluding hydrogens is 293 g/mol. The molecule has 1 aromatic heterocycles. The molecule has 0 aliphatic rings. The third kappa shape index (κ3) is 2.11. The van der Waals surface area contributed by atoms with Gasteiger partial charge in [-0.05, 0) is 42.8 Å². The minimum Gasteiger partial charge on any atom is -0.360 e. The quantitative estimate of drug-likeness (QED) is 0.663. The molecule has 1 heterocycles. The van der Waals surface area contributed by atoms with Gasteiger partial charge in [-0.1, -0.05) is 29.3 Å². The summed E-state index contributed by atoms with van der Waals surface area (Å²) in [5, 5.41) is 1.98. The van der Waals surface area contributed by atoms with E-state index in [9.17, 15) is 4.79 Å². The van der Waals surface area contributed by atoms with Crippen LogP contribution in [0.4, 0.5) is 0 Å². The van der Waals surface area contributed by atoms with Crippen LogP contribution in [0.25, 0.3) is 10.9 Å². The molecule has 20 heavy (non-hydrogen) atoms. The van der Waals surface area contributed by atoms with Crippen molar-refractivity contribution in [2.45, 2.75) is 6.92 Å². The highest BCUT2D eigenvalue weighted by Crippen LogP contribution is 2.28. The maximum absolute atomic E-state index is 12.6. The number of aromatic amines is 1. The third-order valence-corrected chi connectivity index (χ3v) is 4.06. The number of hydrogen-bond donors (Lipinski definition) is 1. The lowest BCUT2D eigenvalue weighted by Gasteiger charge is -2.04. The number of fused-ring (bicyclic) bond motifs is 1. The van der Waals surface area contributed by atoms with E-state index in [4.69, 9.17) is 23.2 Å². The van der Waals surface area contributed by atoms with Crippen LogP contribution in [0.5, 0.6) is 0 Å². The number of carbonyl (C=O) groups is 1. The predicted octanol–water partition coefficient (Wildman–Crippen LogP) is 5.01. The van der Waals surface area contributed by atoms with Crippen molar-refractivity contribution < 1.29 is 4.79 Å². The van der Waals surface area contributed by atoms with Crippen LogP contribution in [0.1, 0.15) is 21.5 Å². The van der Waals surface area contributed by atoms with E-state index >= 15 is 0 Å². The van der Waals surface area contributed by atoms with Gasteiger partial charge < -0.3 is 4.98 Å². The lowest BCUT2D eigenvalue weighted by molar-refractivity contribution is 0.104. The van der Waals surface area contributed by atoms with Gasteiger partial charge in [-0.2, -0.15) is 0 Å². The molecule has 0 aliphatic carbocycles. The average Bonchev–Trinajstić information content (AvgIpc) is 2.86. The Hall–Kier alpha value is -1.77. The Morgan fingerprint density at radius 2 is 1.90 bits per heavy atom. The standard InChI is InChI=1S/C16H11Cl2NO/c1-9-7-10(5-6-12(9)17)16(20)11-8-19-14-4-2-3-13(18)15(11)14/h2-8,19H,1H3. The average molecular weight is 304 g/mol. The minimum absolute atomic E-state index is 0.0656. The molecule has 3 aromatic rings. The van der Waals surface area contributed by atoms with E-state index in [-0.39, 0.29) is 5.78 Å². The molecule has 0 aliphatic heterocycles. The third-order valence-electron chi connectivity index (χ3n) is 3.32.